The van der Waals surface area contributed by atoms with Gasteiger partial charge in [0.15, 0.2) is 7.37 Å². The molecule has 0 spiro atoms. The molecular weight excluding hydrogens is 226 g/mol. The molecule has 0 aromatic heterocycles. The van der Waals surface area contributed by atoms with Crippen LogP contribution < -0.4 is 0 Å². The van der Waals surface area contributed by atoms with Gasteiger partial charge in [-0.3, -0.25) is 9.13 Å². The average Bonchev–Trinajstić information content (AvgIpc) is 1.78. The molecule has 3 N–H and O–H groups in total. The average molecular weight is 244 g/mol. The van der Waals surface area contributed by atoms with Crippen LogP contribution in [0.4, 0.5) is 0 Å². The maximum Gasteiger partial charge on any atom is 0.325 e. The Balaban J connectivity index is 4.31. The van der Waals surface area contributed by atoms with E-state index in [-0.39, 0.29) is 18.2 Å². The zero-order chi connectivity index (χ0) is 11.4. The Labute approximate surface area is 84.2 Å². The molecule has 2 atom stereocenters. The van der Waals surface area contributed by atoms with E-state index in [9.17, 15) is 9.13 Å². The van der Waals surface area contributed by atoms with Crippen LogP contribution in [0.15, 0.2) is 0 Å². The van der Waals surface area contributed by atoms with Gasteiger partial charge in [0.05, 0.1) is 6.16 Å². The van der Waals surface area contributed by atoms with E-state index in [0.29, 0.717) is 6.42 Å². The van der Waals surface area contributed by atoms with Crippen LogP contribution in [-0.4, -0.2) is 33.7 Å². The van der Waals surface area contributed by atoms with Crippen LogP contribution in [0.2, 0.25) is 0 Å². The smallest absolute Gasteiger partial charge is 0.325 e. The molecule has 0 radical (unpaired) electrons. The van der Waals surface area contributed by atoms with Gasteiger partial charge in [-0.25, -0.2) is 0 Å². The van der Waals surface area contributed by atoms with Gasteiger partial charge >= 0.3 is 7.60 Å². The third-order valence-corrected chi connectivity index (χ3v) is 3.98. The van der Waals surface area contributed by atoms with E-state index in [4.69, 9.17) is 14.7 Å². The van der Waals surface area contributed by atoms with E-state index < -0.39 is 15.0 Å². The lowest BCUT2D eigenvalue weighted by atomic mass is 10.1. The number of rotatable bonds is 6. The van der Waals surface area contributed by atoms with E-state index in [1.165, 1.54) is 6.66 Å². The Morgan fingerprint density at radius 2 is 1.64 bits per heavy atom. The van der Waals surface area contributed by atoms with Crippen LogP contribution in [-0.2, 0) is 9.13 Å². The van der Waals surface area contributed by atoms with E-state index in [0.717, 1.165) is 6.42 Å². The van der Waals surface area contributed by atoms with E-state index in [1.807, 2.05) is 6.92 Å². The van der Waals surface area contributed by atoms with Gasteiger partial charge in [-0.05, 0) is 12.3 Å². The molecule has 0 amide bonds. The summed E-state index contributed by atoms with van der Waals surface area (Å²) in [4.78, 5) is 26.6. The minimum atomic E-state index is -4.07. The predicted molar refractivity (Wildman–Crippen MR) is 55.9 cm³/mol. The minimum Gasteiger partial charge on any atom is -0.344 e. The van der Waals surface area contributed by atoms with Crippen LogP contribution in [0.25, 0.3) is 0 Å². The van der Waals surface area contributed by atoms with Crippen molar-refractivity contribution in [3.63, 3.8) is 0 Å². The topological polar surface area (TPSA) is 94.8 Å². The highest BCUT2D eigenvalue weighted by molar-refractivity contribution is 7.57. The molecule has 0 aliphatic carbocycles. The van der Waals surface area contributed by atoms with Crippen molar-refractivity contribution in [3.05, 3.63) is 0 Å². The molecule has 0 aliphatic rings. The third kappa shape index (κ3) is 8.92. The maximum atomic E-state index is 11.1. The van der Waals surface area contributed by atoms with Crippen molar-refractivity contribution >= 4 is 15.0 Å². The Hall–Kier alpha value is 0.340. The van der Waals surface area contributed by atoms with Gasteiger partial charge in [0.1, 0.15) is 0 Å². The molecule has 0 fully saturated rings. The zero-order valence-electron chi connectivity index (χ0n) is 8.46. The largest absolute Gasteiger partial charge is 0.344 e. The summed E-state index contributed by atoms with van der Waals surface area (Å²) in [6.45, 7) is 3.10. The Morgan fingerprint density at radius 1 is 1.14 bits per heavy atom. The summed E-state index contributed by atoms with van der Waals surface area (Å²) in [6.07, 6.45) is 1.03. The fourth-order valence-corrected chi connectivity index (χ4v) is 3.92. The number of hydrogen-bond acceptors (Lipinski definition) is 2. The fraction of sp³-hybridized carbons (Fsp3) is 1.00. The quantitative estimate of drug-likeness (QED) is 0.615. The molecule has 0 aromatic carbocycles. The van der Waals surface area contributed by atoms with Crippen molar-refractivity contribution in [1.29, 1.82) is 0 Å². The monoisotopic (exact) mass is 244 g/mol. The lowest BCUT2D eigenvalue weighted by Gasteiger charge is -2.18. The van der Waals surface area contributed by atoms with Crippen molar-refractivity contribution in [1.82, 2.24) is 0 Å². The molecule has 0 aromatic rings. The Kier molecular flexibility index (Phi) is 5.56. The highest BCUT2D eigenvalue weighted by atomic mass is 31.2. The standard InChI is InChI=1S/C7H18O5P2/c1-3-4-7(5-13(2,8)9)6-14(10,11)12/h7H,3-6H2,1-2H3,(H,8,9)(H2,10,11,12). The summed E-state index contributed by atoms with van der Waals surface area (Å²) < 4.78 is 21.8. The second kappa shape index (κ2) is 5.43. The second-order valence-electron chi connectivity index (χ2n) is 3.74. The highest BCUT2D eigenvalue weighted by Crippen LogP contribution is 2.44. The van der Waals surface area contributed by atoms with Gasteiger partial charge < -0.3 is 14.7 Å². The summed E-state index contributed by atoms with van der Waals surface area (Å²) in [5, 5.41) is 0. The highest BCUT2D eigenvalue weighted by Gasteiger charge is 2.25. The SMILES string of the molecule is CCCC(CP(C)(=O)O)CP(=O)(O)O. The van der Waals surface area contributed by atoms with Gasteiger partial charge in [0.2, 0.25) is 0 Å². The summed E-state index contributed by atoms with van der Waals surface area (Å²) >= 11 is 0. The van der Waals surface area contributed by atoms with Crippen molar-refractivity contribution in [2.24, 2.45) is 5.92 Å². The number of hydrogen-bond donors (Lipinski definition) is 3. The van der Waals surface area contributed by atoms with Gasteiger partial charge in [0.25, 0.3) is 0 Å². The van der Waals surface area contributed by atoms with Gasteiger partial charge in [-0.2, -0.15) is 0 Å². The van der Waals surface area contributed by atoms with Crippen LogP contribution in [0.3, 0.4) is 0 Å². The normalized spacial score (nSPS) is 18.9. The summed E-state index contributed by atoms with van der Waals surface area (Å²) in [5.41, 5.74) is 0. The Morgan fingerprint density at radius 3 is 1.93 bits per heavy atom. The lowest BCUT2D eigenvalue weighted by molar-refractivity contribution is 0.360. The molecule has 86 valence electrons. The van der Waals surface area contributed by atoms with Gasteiger partial charge in [-0.15, -0.1) is 0 Å². The Bertz CT molecular complexity index is 229. The minimum absolute atomic E-state index is 0.00799. The molecule has 5 nitrogen and oxygen atoms in total. The van der Waals surface area contributed by atoms with E-state index in [2.05, 4.69) is 0 Å². The van der Waals surface area contributed by atoms with Gasteiger partial charge in [0, 0.05) is 12.8 Å². The molecule has 14 heavy (non-hydrogen) atoms. The second-order valence-corrected chi connectivity index (χ2v) is 7.90. The molecule has 0 heterocycles. The molecule has 0 bridgehead atoms. The fourth-order valence-electron chi connectivity index (χ4n) is 1.46. The molecule has 0 rings (SSSR count). The van der Waals surface area contributed by atoms with Crippen molar-refractivity contribution < 1.29 is 23.8 Å². The van der Waals surface area contributed by atoms with E-state index in [1.54, 1.807) is 0 Å². The molecule has 2 unspecified atom stereocenters. The predicted octanol–water partition coefficient (Wildman–Crippen LogP) is 1.48. The summed E-state index contributed by atoms with van der Waals surface area (Å²) in [7, 11) is -7.25. The first-order valence-corrected chi connectivity index (χ1v) is 8.57. The van der Waals surface area contributed by atoms with Gasteiger partial charge in [-0.1, -0.05) is 13.3 Å². The zero-order valence-corrected chi connectivity index (χ0v) is 10.2. The maximum absolute atomic E-state index is 11.1. The molecule has 7 heteroatoms. The first-order chi connectivity index (χ1) is 6.14. The van der Waals surface area contributed by atoms with Crippen molar-refractivity contribution in [3.8, 4) is 0 Å². The lowest BCUT2D eigenvalue weighted by Crippen LogP contribution is -2.11. The third-order valence-electron chi connectivity index (χ3n) is 1.79. The van der Waals surface area contributed by atoms with Crippen LogP contribution in [0.1, 0.15) is 19.8 Å². The first-order valence-electron chi connectivity index (χ1n) is 4.48. The first kappa shape index (κ1) is 14.3. The van der Waals surface area contributed by atoms with Crippen molar-refractivity contribution in [2.45, 2.75) is 19.8 Å². The molecule has 0 saturated heterocycles. The van der Waals surface area contributed by atoms with Crippen molar-refractivity contribution in [2.75, 3.05) is 19.0 Å². The van der Waals surface area contributed by atoms with E-state index >= 15 is 0 Å². The van der Waals surface area contributed by atoms with Crippen LogP contribution in [0.5, 0.6) is 0 Å². The van der Waals surface area contributed by atoms with Crippen LogP contribution >= 0.6 is 15.0 Å². The molecule has 0 saturated carbocycles. The summed E-state index contributed by atoms with van der Waals surface area (Å²) in [5.74, 6) is -0.360. The molecular formula is C7H18O5P2. The van der Waals surface area contributed by atoms with Crippen LogP contribution in [0, 0.1) is 5.92 Å². The summed E-state index contributed by atoms with van der Waals surface area (Å²) in [6, 6.07) is 0. The molecule has 0 aliphatic heterocycles.